The monoisotopic (exact) mass is 267 g/mol. The van der Waals surface area contributed by atoms with Gasteiger partial charge in [0.05, 0.1) is 5.69 Å². The fraction of sp³-hybridized carbons (Fsp3) is 0.769. The number of hydrogen-bond acceptors (Lipinski definition) is 3. The number of rotatable bonds is 5. The van der Waals surface area contributed by atoms with Crippen LogP contribution in [0, 0.1) is 0 Å². The first-order valence-corrected chi connectivity index (χ1v) is 10.5. The maximum atomic E-state index is 6.11. The molecule has 0 saturated heterocycles. The van der Waals surface area contributed by atoms with Gasteiger partial charge in [-0.2, -0.15) is 5.10 Å². The zero-order valence-electron chi connectivity index (χ0n) is 12.0. The molecule has 0 fully saturated rings. The molecule has 2 rings (SSSR count). The van der Waals surface area contributed by atoms with Gasteiger partial charge in [0.1, 0.15) is 12.5 Å². The summed E-state index contributed by atoms with van der Waals surface area (Å²) in [5.41, 5.74) is 8.54. The van der Waals surface area contributed by atoms with E-state index in [0.29, 0.717) is 12.6 Å². The third-order valence-corrected chi connectivity index (χ3v) is 5.33. The third-order valence-electron chi connectivity index (χ3n) is 3.63. The Hall–Kier alpha value is -0.813. The van der Waals surface area contributed by atoms with Crippen LogP contribution in [-0.4, -0.2) is 24.5 Å². The summed E-state index contributed by atoms with van der Waals surface area (Å²) >= 11 is 0. The number of nitrogens with two attached hydrogens (primary N) is 1. The summed E-state index contributed by atoms with van der Waals surface area (Å²) in [6.45, 7) is 10.6. The van der Waals surface area contributed by atoms with E-state index >= 15 is 0 Å². The quantitative estimate of drug-likeness (QED) is 0.659. The lowest BCUT2D eigenvalue weighted by Crippen LogP contribution is -2.22. The van der Waals surface area contributed by atoms with Crippen molar-refractivity contribution in [2.75, 3.05) is 12.3 Å². The van der Waals surface area contributed by atoms with Crippen LogP contribution in [0.25, 0.3) is 0 Å². The summed E-state index contributed by atoms with van der Waals surface area (Å²) < 4.78 is 7.53. The molecule has 18 heavy (non-hydrogen) atoms. The van der Waals surface area contributed by atoms with Crippen molar-refractivity contribution in [3.63, 3.8) is 0 Å². The minimum atomic E-state index is -1.01. The van der Waals surface area contributed by atoms with Crippen molar-refractivity contribution in [2.45, 2.75) is 58.1 Å². The standard InChI is InChI=1S/C13H25N3OSi/c1-10-5-6-11-12(10)15-16(13(11)14)9-17-7-8-18(2,3)4/h10H,5-9,14H2,1-4H3. The molecule has 0 aliphatic heterocycles. The number of ether oxygens (including phenoxy) is 1. The molecule has 102 valence electrons. The molecule has 0 radical (unpaired) electrons. The number of anilines is 1. The van der Waals surface area contributed by atoms with Gasteiger partial charge in [0, 0.05) is 26.2 Å². The van der Waals surface area contributed by atoms with E-state index in [2.05, 4.69) is 31.7 Å². The van der Waals surface area contributed by atoms with Crippen LogP contribution in [-0.2, 0) is 17.9 Å². The number of fused-ring (bicyclic) bond motifs is 1. The summed E-state index contributed by atoms with van der Waals surface area (Å²) in [6, 6.07) is 1.18. The first kappa shape index (κ1) is 13.6. The van der Waals surface area contributed by atoms with Gasteiger partial charge in [-0.15, -0.1) is 0 Å². The van der Waals surface area contributed by atoms with Crippen LogP contribution in [0.15, 0.2) is 0 Å². The normalized spacial score (nSPS) is 19.2. The highest BCUT2D eigenvalue weighted by atomic mass is 28.3. The van der Waals surface area contributed by atoms with Crippen molar-refractivity contribution in [1.29, 1.82) is 0 Å². The van der Waals surface area contributed by atoms with Gasteiger partial charge in [0.2, 0.25) is 0 Å². The first-order chi connectivity index (χ1) is 8.38. The van der Waals surface area contributed by atoms with Gasteiger partial charge in [0.15, 0.2) is 0 Å². The van der Waals surface area contributed by atoms with E-state index in [9.17, 15) is 0 Å². The summed E-state index contributed by atoms with van der Waals surface area (Å²) in [5, 5.41) is 4.58. The second-order valence-corrected chi connectivity index (χ2v) is 12.2. The highest BCUT2D eigenvalue weighted by molar-refractivity contribution is 6.76. The molecule has 2 N–H and O–H groups in total. The average Bonchev–Trinajstić information content (AvgIpc) is 2.76. The molecule has 0 bridgehead atoms. The van der Waals surface area contributed by atoms with Gasteiger partial charge in [-0.3, -0.25) is 0 Å². The second-order valence-electron chi connectivity index (χ2n) is 6.54. The Balaban J connectivity index is 1.89. The maximum Gasteiger partial charge on any atom is 0.141 e. The lowest BCUT2D eigenvalue weighted by Gasteiger charge is -2.15. The molecule has 0 aromatic carbocycles. The third kappa shape index (κ3) is 2.95. The van der Waals surface area contributed by atoms with E-state index in [1.807, 2.05) is 4.68 Å². The highest BCUT2D eigenvalue weighted by Crippen LogP contribution is 2.35. The van der Waals surface area contributed by atoms with Crippen LogP contribution < -0.4 is 5.73 Å². The summed E-state index contributed by atoms with van der Waals surface area (Å²) in [6.07, 6.45) is 2.25. The SMILES string of the molecule is CC1CCc2c1nn(COCC[Si](C)(C)C)c2N. The molecule has 0 spiro atoms. The van der Waals surface area contributed by atoms with E-state index < -0.39 is 8.07 Å². The van der Waals surface area contributed by atoms with E-state index in [1.54, 1.807) is 0 Å². The van der Waals surface area contributed by atoms with E-state index in [1.165, 1.54) is 23.7 Å². The van der Waals surface area contributed by atoms with Crippen LogP contribution in [0.1, 0.15) is 30.5 Å². The van der Waals surface area contributed by atoms with Crippen molar-refractivity contribution in [1.82, 2.24) is 9.78 Å². The van der Waals surface area contributed by atoms with Crippen molar-refractivity contribution in [3.05, 3.63) is 11.3 Å². The number of hydrogen-bond donors (Lipinski definition) is 1. The molecule has 1 unspecified atom stereocenters. The average molecular weight is 267 g/mol. The van der Waals surface area contributed by atoms with Crippen molar-refractivity contribution < 1.29 is 4.74 Å². The van der Waals surface area contributed by atoms with Gasteiger partial charge in [-0.25, -0.2) is 4.68 Å². The van der Waals surface area contributed by atoms with E-state index in [0.717, 1.165) is 18.8 Å². The predicted octanol–water partition coefficient (Wildman–Crippen LogP) is 2.83. The zero-order valence-corrected chi connectivity index (χ0v) is 13.0. The molecule has 1 aliphatic carbocycles. The second kappa shape index (κ2) is 5.05. The Bertz CT molecular complexity index is 423. The molecular weight excluding hydrogens is 242 g/mol. The summed E-state index contributed by atoms with van der Waals surface area (Å²) in [4.78, 5) is 0. The minimum absolute atomic E-state index is 0.496. The molecule has 1 heterocycles. The van der Waals surface area contributed by atoms with Crippen molar-refractivity contribution in [3.8, 4) is 0 Å². The van der Waals surface area contributed by atoms with Gasteiger partial charge >= 0.3 is 0 Å². The van der Waals surface area contributed by atoms with Crippen LogP contribution >= 0.6 is 0 Å². The lowest BCUT2D eigenvalue weighted by molar-refractivity contribution is 0.0797. The first-order valence-electron chi connectivity index (χ1n) is 6.81. The van der Waals surface area contributed by atoms with Gasteiger partial charge in [0.25, 0.3) is 0 Å². The molecule has 5 heteroatoms. The smallest absolute Gasteiger partial charge is 0.141 e. The Labute approximate surface area is 111 Å². The largest absolute Gasteiger partial charge is 0.384 e. The van der Waals surface area contributed by atoms with E-state index in [-0.39, 0.29) is 0 Å². The fourth-order valence-electron chi connectivity index (χ4n) is 2.31. The van der Waals surface area contributed by atoms with Crippen LogP contribution in [0.3, 0.4) is 0 Å². The van der Waals surface area contributed by atoms with Crippen LogP contribution in [0.4, 0.5) is 5.82 Å². The highest BCUT2D eigenvalue weighted by Gasteiger charge is 2.26. The molecule has 1 atom stereocenters. The molecule has 1 aromatic rings. The molecule has 4 nitrogen and oxygen atoms in total. The predicted molar refractivity (Wildman–Crippen MR) is 77.5 cm³/mol. The molecule has 0 saturated carbocycles. The van der Waals surface area contributed by atoms with Gasteiger partial charge in [-0.1, -0.05) is 26.6 Å². The zero-order chi connectivity index (χ0) is 13.3. The molecular formula is C13H25N3OSi. The van der Waals surface area contributed by atoms with Crippen molar-refractivity contribution in [2.24, 2.45) is 0 Å². The Morgan fingerprint density at radius 3 is 2.78 bits per heavy atom. The molecule has 0 amide bonds. The minimum Gasteiger partial charge on any atom is -0.384 e. The summed E-state index contributed by atoms with van der Waals surface area (Å²) in [7, 11) is -1.01. The fourth-order valence-corrected chi connectivity index (χ4v) is 3.07. The van der Waals surface area contributed by atoms with Gasteiger partial charge < -0.3 is 10.5 Å². The Morgan fingerprint density at radius 2 is 2.17 bits per heavy atom. The Kier molecular flexibility index (Phi) is 3.82. The topological polar surface area (TPSA) is 53.1 Å². The maximum absolute atomic E-state index is 6.11. The molecule has 1 aromatic heterocycles. The molecule has 1 aliphatic rings. The Morgan fingerprint density at radius 1 is 1.44 bits per heavy atom. The number of nitrogens with zero attached hydrogens (tertiary/aromatic N) is 2. The lowest BCUT2D eigenvalue weighted by atomic mass is 10.1. The summed E-state index contributed by atoms with van der Waals surface area (Å²) in [5.74, 6) is 1.35. The number of nitrogen functional groups attached to an aromatic ring is 1. The van der Waals surface area contributed by atoms with E-state index in [4.69, 9.17) is 10.5 Å². The van der Waals surface area contributed by atoms with Crippen LogP contribution in [0.5, 0.6) is 0 Å². The number of aromatic nitrogens is 2. The van der Waals surface area contributed by atoms with Gasteiger partial charge in [-0.05, 0) is 18.9 Å². The van der Waals surface area contributed by atoms with Crippen molar-refractivity contribution >= 4 is 13.9 Å². The van der Waals surface area contributed by atoms with Crippen LogP contribution in [0.2, 0.25) is 25.7 Å².